The van der Waals surface area contributed by atoms with Crippen LogP contribution in [0.3, 0.4) is 0 Å². The molecule has 0 fully saturated rings. The van der Waals surface area contributed by atoms with E-state index in [1.54, 1.807) is 54.6 Å². The first-order chi connectivity index (χ1) is 14.1. The molecule has 0 saturated heterocycles. The number of benzene rings is 2. The monoisotopic (exact) mass is 396 g/mol. The number of amides is 2. The van der Waals surface area contributed by atoms with Crippen molar-refractivity contribution in [2.75, 3.05) is 31.5 Å². The number of hydrogen-bond donors (Lipinski definition) is 2. The van der Waals surface area contributed by atoms with Crippen molar-refractivity contribution < 1.29 is 28.2 Å². The molecule has 150 valence electrons. The van der Waals surface area contributed by atoms with Gasteiger partial charge in [0, 0.05) is 23.5 Å². The molecule has 8 heteroatoms. The summed E-state index contributed by atoms with van der Waals surface area (Å²) in [7, 11) is 3.05. The highest BCUT2D eigenvalue weighted by molar-refractivity contribution is 6.02. The third-order valence-electron chi connectivity index (χ3n) is 3.87. The Bertz CT molecular complexity index is 985. The quantitative estimate of drug-likeness (QED) is 0.604. The zero-order chi connectivity index (χ0) is 20.6. The number of hydrogen-bond acceptors (Lipinski definition) is 6. The molecule has 0 saturated carbocycles. The van der Waals surface area contributed by atoms with E-state index in [9.17, 15) is 9.59 Å². The lowest BCUT2D eigenvalue weighted by atomic mass is 10.2. The van der Waals surface area contributed by atoms with Gasteiger partial charge < -0.3 is 29.3 Å². The fourth-order valence-corrected chi connectivity index (χ4v) is 2.52. The first kappa shape index (κ1) is 19.8. The number of methoxy groups -OCH3 is 2. The molecule has 0 bridgehead atoms. The molecule has 2 amide bonds. The van der Waals surface area contributed by atoms with E-state index < -0.39 is 0 Å². The van der Waals surface area contributed by atoms with Gasteiger partial charge in [-0.2, -0.15) is 0 Å². The number of carbonyl (C=O) groups excluding carboxylic acids is 2. The summed E-state index contributed by atoms with van der Waals surface area (Å²) in [5.74, 6) is 0.984. The highest BCUT2D eigenvalue weighted by atomic mass is 16.5. The molecule has 3 rings (SSSR count). The second kappa shape index (κ2) is 9.32. The molecule has 0 aliphatic carbocycles. The van der Waals surface area contributed by atoms with Crippen molar-refractivity contribution >= 4 is 23.2 Å². The Morgan fingerprint density at radius 3 is 2.41 bits per heavy atom. The van der Waals surface area contributed by atoms with Crippen molar-refractivity contribution in [1.29, 1.82) is 0 Å². The molecule has 0 aliphatic heterocycles. The van der Waals surface area contributed by atoms with Gasteiger partial charge in [-0.25, -0.2) is 0 Å². The molecule has 29 heavy (non-hydrogen) atoms. The Labute approximate surface area is 167 Å². The summed E-state index contributed by atoms with van der Waals surface area (Å²) in [4.78, 5) is 24.2. The molecule has 2 N–H and O–H groups in total. The SMILES string of the molecule is COc1ccc(NC(=O)COc2cccc(NC(=O)c3ccco3)c2)cc1OC. The number of rotatable bonds is 8. The number of anilines is 2. The van der Waals surface area contributed by atoms with E-state index in [4.69, 9.17) is 18.6 Å². The normalized spacial score (nSPS) is 10.1. The summed E-state index contributed by atoms with van der Waals surface area (Å²) in [6.07, 6.45) is 1.42. The number of nitrogens with one attached hydrogen (secondary N) is 2. The number of carbonyl (C=O) groups is 2. The van der Waals surface area contributed by atoms with Gasteiger partial charge in [-0.15, -0.1) is 0 Å². The molecule has 0 aliphatic rings. The van der Waals surface area contributed by atoms with Crippen LogP contribution >= 0.6 is 0 Å². The van der Waals surface area contributed by atoms with E-state index in [0.29, 0.717) is 28.6 Å². The van der Waals surface area contributed by atoms with Gasteiger partial charge in [-0.05, 0) is 36.4 Å². The molecule has 0 radical (unpaired) electrons. The van der Waals surface area contributed by atoms with Crippen LogP contribution in [0.4, 0.5) is 11.4 Å². The molecule has 3 aromatic rings. The lowest BCUT2D eigenvalue weighted by molar-refractivity contribution is -0.118. The van der Waals surface area contributed by atoms with E-state index in [1.165, 1.54) is 20.5 Å². The smallest absolute Gasteiger partial charge is 0.291 e. The van der Waals surface area contributed by atoms with E-state index in [1.807, 2.05) is 0 Å². The van der Waals surface area contributed by atoms with E-state index >= 15 is 0 Å². The van der Waals surface area contributed by atoms with Gasteiger partial charge in [0.2, 0.25) is 0 Å². The van der Waals surface area contributed by atoms with Crippen LogP contribution in [0.2, 0.25) is 0 Å². The Morgan fingerprint density at radius 1 is 0.897 bits per heavy atom. The Balaban J connectivity index is 1.56. The van der Waals surface area contributed by atoms with Gasteiger partial charge in [0.1, 0.15) is 5.75 Å². The minimum Gasteiger partial charge on any atom is -0.493 e. The second-order valence-electron chi connectivity index (χ2n) is 5.87. The third kappa shape index (κ3) is 5.29. The van der Waals surface area contributed by atoms with Crippen LogP contribution in [0.25, 0.3) is 0 Å². The van der Waals surface area contributed by atoms with Gasteiger partial charge in [-0.1, -0.05) is 6.07 Å². The van der Waals surface area contributed by atoms with Crippen LogP contribution < -0.4 is 24.8 Å². The van der Waals surface area contributed by atoms with Gasteiger partial charge in [0.15, 0.2) is 23.9 Å². The van der Waals surface area contributed by atoms with E-state index in [-0.39, 0.29) is 24.2 Å². The molecule has 0 unspecified atom stereocenters. The minimum absolute atomic E-state index is 0.200. The number of furan rings is 1. The fraction of sp³-hybridized carbons (Fsp3) is 0.143. The van der Waals surface area contributed by atoms with Crippen molar-refractivity contribution in [2.45, 2.75) is 0 Å². The van der Waals surface area contributed by atoms with E-state index in [0.717, 1.165) is 0 Å². The van der Waals surface area contributed by atoms with Crippen molar-refractivity contribution in [3.8, 4) is 17.2 Å². The van der Waals surface area contributed by atoms with Gasteiger partial charge in [0.05, 0.1) is 20.5 Å². The first-order valence-electron chi connectivity index (χ1n) is 8.68. The van der Waals surface area contributed by atoms with Crippen LogP contribution in [0.1, 0.15) is 10.6 Å². The lowest BCUT2D eigenvalue weighted by Gasteiger charge is -2.11. The predicted octanol–water partition coefficient (Wildman–Crippen LogP) is 3.57. The van der Waals surface area contributed by atoms with Gasteiger partial charge in [0.25, 0.3) is 11.8 Å². The first-order valence-corrected chi connectivity index (χ1v) is 8.68. The summed E-state index contributed by atoms with van der Waals surface area (Å²) in [6, 6.07) is 15.0. The van der Waals surface area contributed by atoms with Crippen LogP contribution in [0.15, 0.2) is 65.3 Å². The molecule has 1 heterocycles. The molecule has 1 aromatic heterocycles. The summed E-state index contributed by atoms with van der Waals surface area (Å²) in [5.41, 5.74) is 1.07. The molecule has 0 atom stereocenters. The molecule has 8 nitrogen and oxygen atoms in total. The second-order valence-corrected chi connectivity index (χ2v) is 5.87. The van der Waals surface area contributed by atoms with Crippen LogP contribution in [0, 0.1) is 0 Å². The van der Waals surface area contributed by atoms with Gasteiger partial charge >= 0.3 is 0 Å². The molecule has 2 aromatic carbocycles. The summed E-state index contributed by atoms with van der Waals surface area (Å²) < 4.78 is 20.9. The highest BCUT2D eigenvalue weighted by Crippen LogP contribution is 2.29. The number of ether oxygens (including phenoxy) is 3. The van der Waals surface area contributed by atoms with Crippen molar-refractivity contribution in [3.63, 3.8) is 0 Å². The lowest BCUT2D eigenvalue weighted by Crippen LogP contribution is -2.20. The third-order valence-corrected chi connectivity index (χ3v) is 3.87. The Kier molecular flexibility index (Phi) is 6.36. The Morgan fingerprint density at radius 2 is 1.69 bits per heavy atom. The average molecular weight is 396 g/mol. The minimum atomic E-state index is -0.377. The van der Waals surface area contributed by atoms with Crippen LogP contribution in [-0.2, 0) is 4.79 Å². The van der Waals surface area contributed by atoms with E-state index in [2.05, 4.69) is 10.6 Å². The maximum Gasteiger partial charge on any atom is 0.291 e. The van der Waals surface area contributed by atoms with Crippen molar-refractivity contribution in [3.05, 3.63) is 66.6 Å². The zero-order valence-electron chi connectivity index (χ0n) is 15.9. The maximum atomic E-state index is 12.2. The van der Waals surface area contributed by atoms with Crippen molar-refractivity contribution in [1.82, 2.24) is 0 Å². The summed E-state index contributed by atoms with van der Waals surface area (Å²) in [6.45, 7) is -0.204. The Hall–Kier alpha value is -3.94. The molecular weight excluding hydrogens is 376 g/mol. The predicted molar refractivity (Wildman–Crippen MR) is 107 cm³/mol. The summed E-state index contributed by atoms with van der Waals surface area (Å²) in [5, 5.41) is 5.42. The standard InChI is InChI=1S/C21H20N2O6/c1-26-17-9-8-15(12-19(17)27-2)22-20(24)13-29-16-6-3-5-14(11-16)23-21(25)18-7-4-10-28-18/h3-12H,13H2,1-2H3,(H,22,24)(H,23,25). The van der Waals surface area contributed by atoms with Gasteiger partial charge in [-0.3, -0.25) is 9.59 Å². The topological polar surface area (TPSA) is 99.0 Å². The maximum absolute atomic E-state index is 12.2. The molecular formula is C21H20N2O6. The largest absolute Gasteiger partial charge is 0.493 e. The average Bonchev–Trinajstić information content (AvgIpc) is 3.27. The fourth-order valence-electron chi connectivity index (χ4n) is 2.52. The highest BCUT2D eigenvalue weighted by Gasteiger charge is 2.10. The molecule has 0 spiro atoms. The summed E-state index contributed by atoms with van der Waals surface area (Å²) >= 11 is 0. The zero-order valence-corrected chi connectivity index (χ0v) is 15.9. The van der Waals surface area contributed by atoms with Crippen LogP contribution in [-0.4, -0.2) is 32.6 Å². The van der Waals surface area contributed by atoms with Crippen molar-refractivity contribution in [2.24, 2.45) is 0 Å². The van der Waals surface area contributed by atoms with Crippen LogP contribution in [0.5, 0.6) is 17.2 Å².